The van der Waals surface area contributed by atoms with Crippen LogP contribution in [0.2, 0.25) is 0 Å². The molecule has 0 radical (unpaired) electrons. The fourth-order valence-corrected chi connectivity index (χ4v) is 2.99. The van der Waals surface area contributed by atoms with E-state index in [1.165, 1.54) is 5.69 Å². The van der Waals surface area contributed by atoms with E-state index in [1.54, 1.807) is 12.5 Å². The van der Waals surface area contributed by atoms with Gasteiger partial charge in [0.25, 0.3) is 0 Å². The Morgan fingerprint density at radius 1 is 1.37 bits per heavy atom. The molecule has 2 heterocycles. The van der Waals surface area contributed by atoms with Crippen molar-refractivity contribution < 1.29 is 9.21 Å². The number of Topliss-reactive ketones (excluding diaryl/α,β-unsaturated/α-hetero) is 1. The Hall–Kier alpha value is -1.77. The van der Waals surface area contributed by atoms with E-state index in [4.69, 9.17) is 4.42 Å². The maximum absolute atomic E-state index is 12.2. The Morgan fingerprint density at radius 2 is 2.16 bits per heavy atom. The zero-order valence-corrected chi connectivity index (χ0v) is 11.7. The summed E-state index contributed by atoms with van der Waals surface area (Å²) in [6.07, 6.45) is 5.06. The highest BCUT2D eigenvalue weighted by molar-refractivity contribution is 5.99. The van der Waals surface area contributed by atoms with Gasteiger partial charge in [-0.2, -0.15) is 0 Å². The van der Waals surface area contributed by atoms with Gasteiger partial charge in [-0.05, 0) is 30.9 Å². The van der Waals surface area contributed by atoms with Crippen LogP contribution < -0.4 is 0 Å². The molecule has 100 valence electrons. The molecule has 1 aliphatic rings. The monoisotopic (exact) mass is 257 g/mol. The van der Waals surface area contributed by atoms with E-state index in [-0.39, 0.29) is 11.2 Å². The van der Waals surface area contributed by atoms with Crippen molar-refractivity contribution in [3.63, 3.8) is 0 Å². The van der Waals surface area contributed by atoms with Gasteiger partial charge in [-0.25, -0.2) is 0 Å². The van der Waals surface area contributed by atoms with Crippen molar-refractivity contribution in [2.75, 3.05) is 0 Å². The highest BCUT2D eigenvalue weighted by Crippen LogP contribution is 2.36. The Labute approximate surface area is 113 Å². The largest absolute Gasteiger partial charge is 0.472 e. The number of carbonyl (C=O) groups is 1. The zero-order valence-electron chi connectivity index (χ0n) is 11.7. The predicted molar refractivity (Wildman–Crippen MR) is 73.4 cm³/mol. The van der Waals surface area contributed by atoms with Crippen LogP contribution in [-0.2, 0) is 13.0 Å². The lowest BCUT2D eigenvalue weighted by atomic mass is 9.76. The Bertz CT molecular complexity index is 617. The predicted octanol–water partition coefficient (Wildman–Crippen LogP) is 3.59. The van der Waals surface area contributed by atoms with E-state index < -0.39 is 0 Å². The molecule has 2 aromatic heterocycles. The van der Waals surface area contributed by atoms with E-state index >= 15 is 0 Å². The van der Waals surface area contributed by atoms with Crippen molar-refractivity contribution in [3.05, 3.63) is 47.2 Å². The molecule has 0 unspecified atom stereocenters. The molecule has 3 heteroatoms. The van der Waals surface area contributed by atoms with Gasteiger partial charge in [0.1, 0.15) is 0 Å². The van der Waals surface area contributed by atoms with E-state index in [0.717, 1.165) is 29.8 Å². The van der Waals surface area contributed by atoms with Gasteiger partial charge in [0.05, 0.1) is 19.1 Å². The normalized spacial score (nSPS) is 17.5. The van der Waals surface area contributed by atoms with Crippen molar-refractivity contribution in [2.45, 2.75) is 40.2 Å². The minimum absolute atomic E-state index is 0.0586. The van der Waals surface area contributed by atoms with Crippen LogP contribution in [-0.4, -0.2) is 10.4 Å². The number of furan rings is 1. The maximum Gasteiger partial charge on any atom is 0.165 e. The second-order valence-corrected chi connectivity index (χ2v) is 6.30. The molecule has 3 rings (SSSR count). The first kappa shape index (κ1) is 12.3. The first-order valence-electron chi connectivity index (χ1n) is 6.69. The van der Waals surface area contributed by atoms with Crippen LogP contribution >= 0.6 is 0 Å². The summed E-state index contributed by atoms with van der Waals surface area (Å²) in [6.45, 7) is 7.18. The number of nitrogens with zero attached hydrogens (tertiary/aromatic N) is 1. The molecule has 0 bridgehead atoms. The summed E-state index contributed by atoms with van der Waals surface area (Å²) in [7, 11) is 0. The minimum Gasteiger partial charge on any atom is -0.472 e. The summed E-state index contributed by atoms with van der Waals surface area (Å²) in [5.74, 6) is 0.278. The molecule has 3 nitrogen and oxygen atoms in total. The molecule has 0 atom stereocenters. The second kappa shape index (κ2) is 4.12. The molecule has 0 amide bonds. The van der Waals surface area contributed by atoms with E-state index in [9.17, 15) is 4.79 Å². The summed E-state index contributed by atoms with van der Waals surface area (Å²) in [4.78, 5) is 12.2. The Kier molecular flexibility index (Phi) is 2.66. The highest BCUT2D eigenvalue weighted by Gasteiger charge is 2.33. The van der Waals surface area contributed by atoms with Gasteiger partial charge in [0.2, 0.25) is 0 Å². The van der Waals surface area contributed by atoms with Gasteiger partial charge in [0.15, 0.2) is 5.78 Å². The number of hydrogen-bond donors (Lipinski definition) is 0. The quantitative estimate of drug-likeness (QED) is 0.824. The third-order valence-electron chi connectivity index (χ3n) is 3.92. The average molecular weight is 257 g/mol. The molecule has 0 saturated carbocycles. The SMILES string of the molecule is Cc1cc2c(n1Cc1ccoc1)CC(C)(C)CC2=O. The number of hydrogen-bond acceptors (Lipinski definition) is 2. The smallest absolute Gasteiger partial charge is 0.165 e. The number of aryl methyl sites for hydroxylation is 1. The summed E-state index contributed by atoms with van der Waals surface area (Å²) < 4.78 is 7.38. The van der Waals surface area contributed by atoms with Gasteiger partial charge in [-0.15, -0.1) is 0 Å². The van der Waals surface area contributed by atoms with Gasteiger partial charge in [-0.1, -0.05) is 13.8 Å². The summed E-state index contributed by atoms with van der Waals surface area (Å²) in [5, 5.41) is 0. The van der Waals surface area contributed by atoms with Crippen LogP contribution in [0.5, 0.6) is 0 Å². The van der Waals surface area contributed by atoms with Crippen molar-refractivity contribution >= 4 is 5.78 Å². The molecule has 0 saturated heterocycles. The fraction of sp³-hybridized carbons (Fsp3) is 0.438. The van der Waals surface area contributed by atoms with Crippen LogP contribution in [0.3, 0.4) is 0 Å². The summed E-state index contributed by atoms with van der Waals surface area (Å²) >= 11 is 0. The first-order chi connectivity index (χ1) is 8.96. The number of aromatic nitrogens is 1. The number of fused-ring (bicyclic) bond motifs is 1. The first-order valence-corrected chi connectivity index (χ1v) is 6.69. The maximum atomic E-state index is 12.2. The molecule has 0 fully saturated rings. The molecule has 0 aromatic carbocycles. The van der Waals surface area contributed by atoms with Crippen LogP contribution in [0.1, 0.15) is 47.6 Å². The highest BCUT2D eigenvalue weighted by atomic mass is 16.3. The standard InChI is InChI=1S/C16H19NO2/c1-11-6-13-14(7-16(2,3)8-15(13)18)17(11)9-12-4-5-19-10-12/h4-6,10H,7-9H2,1-3H3. The van der Waals surface area contributed by atoms with Crippen LogP contribution in [0.15, 0.2) is 29.1 Å². The molecular formula is C16H19NO2. The third-order valence-corrected chi connectivity index (χ3v) is 3.92. The number of rotatable bonds is 2. The molecule has 2 aromatic rings. The van der Waals surface area contributed by atoms with Crippen LogP contribution in [0.4, 0.5) is 0 Å². The Balaban J connectivity index is 2.04. The topological polar surface area (TPSA) is 35.1 Å². The van der Waals surface area contributed by atoms with Crippen molar-refractivity contribution in [1.82, 2.24) is 4.57 Å². The van der Waals surface area contributed by atoms with Crippen molar-refractivity contribution in [2.24, 2.45) is 5.41 Å². The zero-order chi connectivity index (χ0) is 13.6. The lowest BCUT2D eigenvalue weighted by Crippen LogP contribution is -2.28. The van der Waals surface area contributed by atoms with Gasteiger partial charge in [0, 0.05) is 28.9 Å². The van der Waals surface area contributed by atoms with Crippen LogP contribution in [0.25, 0.3) is 0 Å². The average Bonchev–Trinajstić information content (AvgIpc) is 2.90. The second-order valence-electron chi connectivity index (χ2n) is 6.30. The number of carbonyl (C=O) groups excluding carboxylic acids is 1. The van der Waals surface area contributed by atoms with Gasteiger partial charge >= 0.3 is 0 Å². The minimum atomic E-state index is 0.0586. The summed E-state index contributed by atoms with van der Waals surface area (Å²) in [6, 6.07) is 4.01. The fourth-order valence-electron chi connectivity index (χ4n) is 2.99. The molecule has 0 N–H and O–H groups in total. The van der Waals surface area contributed by atoms with E-state index in [1.807, 2.05) is 12.1 Å². The molecular weight excluding hydrogens is 238 g/mol. The van der Waals surface area contributed by atoms with Crippen molar-refractivity contribution in [3.8, 4) is 0 Å². The summed E-state index contributed by atoms with van der Waals surface area (Å²) in [5.41, 5.74) is 4.44. The van der Waals surface area contributed by atoms with Gasteiger partial charge < -0.3 is 8.98 Å². The van der Waals surface area contributed by atoms with E-state index in [2.05, 4.69) is 25.3 Å². The molecule has 1 aliphatic carbocycles. The molecule has 0 spiro atoms. The molecule has 19 heavy (non-hydrogen) atoms. The third kappa shape index (κ3) is 2.14. The lowest BCUT2D eigenvalue weighted by Gasteiger charge is -2.29. The van der Waals surface area contributed by atoms with E-state index in [0.29, 0.717) is 6.42 Å². The Morgan fingerprint density at radius 3 is 2.84 bits per heavy atom. The molecule has 0 aliphatic heterocycles. The number of ketones is 1. The van der Waals surface area contributed by atoms with Crippen LogP contribution in [0, 0.1) is 12.3 Å². The lowest BCUT2D eigenvalue weighted by molar-refractivity contribution is 0.0910. The van der Waals surface area contributed by atoms with Gasteiger partial charge in [-0.3, -0.25) is 4.79 Å². The van der Waals surface area contributed by atoms with Crippen molar-refractivity contribution in [1.29, 1.82) is 0 Å².